The summed E-state index contributed by atoms with van der Waals surface area (Å²) in [5.74, 6) is 0.260. The van der Waals surface area contributed by atoms with E-state index in [1.807, 2.05) is 19.1 Å². The second-order valence-corrected chi connectivity index (χ2v) is 2.94. The summed E-state index contributed by atoms with van der Waals surface area (Å²) in [6.45, 7) is 4.33. The second-order valence-electron chi connectivity index (χ2n) is 2.94. The second kappa shape index (κ2) is 3.54. The maximum Gasteiger partial charge on any atom is 0.0497 e. The summed E-state index contributed by atoms with van der Waals surface area (Å²) in [4.78, 5) is 0. The Morgan fingerprint density at radius 1 is 1.36 bits per heavy atom. The lowest BCUT2D eigenvalue weighted by molar-refractivity contribution is 0.272. The summed E-state index contributed by atoms with van der Waals surface area (Å²) in [6, 6.07) is 8.16. The highest BCUT2D eigenvalue weighted by Gasteiger charge is 2.04. The topological polar surface area (TPSA) is 20.2 Å². The molecule has 0 aromatic heterocycles. The maximum absolute atomic E-state index is 8.91. The number of aryl methyl sites for hydroxylation is 1. The van der Waals surface area contributed by atoms with E-state index in [4.69, 9.17) is 5.11 Å². The zero-order valence-corrected chi connectivity index (χ0v) is 7.04. The van der Waals surface area contributed by atoms with E-state index in [1.165, 1.54) is 11.1 Å². The first-order valence-corrected chi connectivity index (χ1v) is 3.92. The summed E-state index contributed by atoms with van der Waals surface area (Å²) in [7, 11) is 0. The molecule has 0 spiro atoms. The molecule has 1 aromatic rings. The monoisotopic (exact) mass is 150 g/mol. The molecule has 0 aliphatic heterocycles. The highest BCUT2D eigenvalue weighted by Crippen LogP contribution is 2.17. The molecule has 0 fully saturated rings. The molecule has 0 bridgehead atoms. The number of hydrogen-bond donors (Lipinski definition) is 1. The predicted molar refractivity (Wildman–Crippen MR) is 46.7 cm³/mol. The Bertz CT molecular complexity index is 230. The molecule has 1 heteroatoms. The molecule has 0 aliphatic carbocycles. The standard InChI is InChI=1S/C10H14O/c1-8-5-3-4-6-10(8)9(2)7-11/h3-6,9,11H,7H2,1-2H3/t9-/m0/s1. The van der Waals surface area contributed by atoms with E-state index in [0.29, 0.717) is 0 Å². The fourth-order valence-electron chi connectivity index (χ4n) is 1.24. The van der Waals surface area contributed by atoms with Crippen LogP contribution in [0.25, 0.3) is 0 Å². The van der Waals surface area contributed by atoms with Crippen molar-refractivity contribution in [2.75, 3.05) is 6.61 Å². The first kappa shape index (κ1) is 8.28. The van der Waals surface area contributed by atoms with Gasteiger partial charge in [0.15, 0.2) is 0 Å². The van der Waals surface area contributed by atoms with Gasteiger partial charge in [-0.15, -0.1) is 0 Å². The third kappa shape index (κ3) is 1.81. The van der Waals surface area contributed by atoms with Gasteiger partial charge in [0.2, 0.25) is 0 Å². The normalized spacial score (nSPS) is 13.0. The minimum atomic E-state index is 0.227. The molecular weight excluding hydrogens is 136 g/mol. The molecule has 0 saturated heterocycles. The molecule has 0 heterocycles. The van der Waals surface area contributed by atoms with Gasteiger partial charge in [-0.05, 0) is 18.1 Å². The van der Waals surface area contributed by atoms with Gasteiger partial charge in [-0.2, -0.15) is 0 Å². The van der Waals surface area contributed by atoms with Crippen LogP contribution in [0.15, 0.2) is 24.3 Å². The first-order chi connectivity index (χ1) is 5.25. The zero-order chi connectivity index (χ0) is 8.27. The molecule has 0 unspecified atom stereocenters. The Morgan fingerprint density at radius 2 is 2.00 bits per heavy atom. The van der Waals surface area contributed by atoms with Gasteiger partial charge in [-0.25, -0.2) is 0 Å². The molecule has 60 valence electrons. The summed E-state index contributed by atoms with van der Waals surface area (Å²) < 4.78 is 0. The van der Waals surface area contributed by atoms with Gasteiger partial charge in [0.1, 0.15) is 0 Å². The highest BCUT2D eigenvalue weighted by atomic mass is 16.3. The quantitative estimate of drug-likeness (QED) is 0.684. The van der Waals surface area contributed by atoms with Crippen molar-refractivity contribution >= 4 is 0 Å². The number of hydrogen-bond acceptors (Lipinski definition) is 1. The van der Waals surface area contributed by atoms with Crippen molar-refractivity contribution in [1.29, 1.82) is 0 Å². The van der Waals surface area contributed by atoms with Crippen molar-refractivity contribution in [3.63, 3.8) is 0 Å². The Balaban J connectivity index is 2.93. The third-order valence-electron chi connectivity index (χ3n) is 1.99. The lowest BCUT2D eigenvalue weighted by atomic mass is 9.97. The minimum Gasteiger partial charge on any atom is -0.396 e. The summed E-state index contributed by atoms with van der Waals surface area (Å²) in [5.41, 5.74) is 2.50. The van der Waals surface area contributed by atoms with Crippen LogP contribution in [-0.4, -0.2) is 11.7 Å². The Hall–Kier alpha value is -0.820. The van der Waals surface area contributed by atoms with E-state index >= 15 is 0 Å². The van der Waals surface area contributed by atoms with Crippen LogP contribution < -0.4 is 0 Å². The van der Waals surface area contributed by atoms with Crippen LogP contribution in [0.5, 0.6) is 0 Å². The first-order valence-electron chi connectivity index (χ1n) is 3.92. The highest BCUT2D eigenvalue weighted by molar-refractivity contribution is 5.28. The molecular formula is C10H14O. The van der Waals surface area contributed by atoms with Crippen molar-refractivity contribution in [3.05, 3.63) is 35.4 Å². The number of benzene rings is 1. The SMILES string of the molecule is Cc1ccccc1[C@@H](C)CO. The molecule has 1 aromatic carbocycles. The fourth-order valence-corrected chi connectivity index (χ4v) is 1.24. The lowest BCUT2D eigenvalue weighted by Gasteiger charge is -2.10. The lowest BCUT2D eigenvalue weighted by Crippen LogP contribution is -2.00. The van der Waals surface area contributed by atoms with Crippen LogP contribution in [0.1, 0.15) is 24.0 Å². The van der Waals surface area contributed by atoms with E-state index in [9.17, 15) is 0 Å². The van der Waals surface area contributed by atoms with Crippen molar-refractivity contribution in [2.45, 2.75) is 19.8 Å². The van der Waals surface area contributed by atoms with Crippen LogP contribution >= 0.6 is 0 Å². The van der Waals surface area contributed by atoms with Gasteiger partial charge in [0.05, 0.1) is 0 Å². The van der Waals surface area contributed by atoms with Crippen LogP contribution in [0.2, 0.25) is 0 Å². The van der Waals surface area contributed by atoms with E-state index in [0.717, 1.165) is 0 Å². The van der Waals surface area contributed by atoms with Crippen LogP contribution in [0.4, 0.5) is 0 Å². The van der Waals surface area contributed by atoms with Crippen molar-refractivity contribution in [1.82, 2.24) is 0 Å². The number of rotatable bonds is 2. The van der Waals surface area contributed by atoms with E-state index in [-0.39, 0.29) is 12.5 Å². The molecule has 1 rings (SSSR count). The molecule has 0 aliphatic rings. The molecule has 0 radical (unpaired) electrons. The van der Waals surface area contributed by atoms with Gasteiger partial charge in [-0.1, -0.05) is 31.2 Å². The van der Waals surface area contributed by atoms with Crippen LogP contribution in [0, 0.1) is 6.92 Å². The summed E-state index contributed by atoms with van der Waals surface area (Å²) >= 11 is 0. The predicted octanol–water partition coefficient (Wildman–Crippen LogP) is 2.09. The molecule has 1 atom stereocenters. The van der Waals surface area contributed by atoms with E-state index in [2.05, 4.69) is 19.1 Å². The molecule has 0 amide bonds. The Kier molecular flexibility index (Phi) is 2.66. The van der Waals surface area contributed by atoms with Gasteiger partial charge in [0.25, 0.3) is 0 Å². The van der Waals surface area contributed by atoms with Gasteiger partial charge in [0, 0.05) is 12.5 Å². The van der Waals surface area contributed by atoms with E-state index < -0.39 is 0 Å². The van der Waals surface area contributed by atoms with Crippen LogP contribution in [-0.2, 0) is 0 Å². The van der Waals surface area contributed by atoms with Crippen LogP contribution in [0.3, 0.4) is 0 Å². The number of aliphatic hydroxyl groups is 1. The molecule has 1 nitrogen and oxygen atoms in total. The van der Waals surface area contributed by atoms with Crippen molar-refractivity contribution in [2.24, 2.45) is 0 Å². The fraction of sp³-hybridized carbons (Fsp3) is 0.400. The number of aliphatic hydroxyl groups excluding tert-OH is 1. The maximum atomic E-state index is 8.91. The summed E-state index contributed by atoms with van der Waals surface area (Å²) in [6.07, 6.45) is 0. The molecule has 11 heavy (non-hydrogen) atoms. The van der Waals surface area contributed by atoms with E-state index in [1.54, 1.807) is 0 Å². The zero-order valence-electron chi connectivity index (χ0n) is 7.04. The third-order valence-corrected chi connectivity index (χ3v) is 1.99. The van der Waals surface area contributed by atoms with Crippen molar-refractivity contribution in [3.8, 4) is 0 Å². The average molecular weight is 150 g/mol. The molecule has 1 N–H and O–H groups in total. The van der Waals surface area contributed by atoms with Crippen molar-refractivity contribution < 1.29 is 5.11 Å². The minimum absolute atomic E-state index is 0.227. The average Bonchev–Trinajstić information content (AvgIpc) is 2.04. The van der Waals surface area contributed by atoms with Gasteiger partial charge >= 0.3 is 0 Å². The van der Waals surface area contributed by atoms with Gasteiger partial charge < -0.3 is 5.11 Å². The Labute approximate surface area is 67.7 Å². The van der Waals surface area contributed by atoms with Gasteiger partial charge in [-0.3, -0.25) is 0 Å². The largest absolute Gasteiger partial charge is 0.396 e. The smallest absolute Gasteiger partial charge is 0.0497 e. The summed E-state index contributed by atoms with van der Waals surface area (Å²) in [5, 5.41) is 8.91. The molecule has 0 saturated carbocycles. The Morgan fingerprint density at radius 3 is 2.55 bits per heavy atom.